The van der Waals surface area contributed by atoms with Gasteiger partial charge in [0, 0.05) is 34.6 Å². The molecule has 0 fully saturated rings. The second-order valence-corrected chi connectivity index (χ2v) is 5.04. The van der Waals surface area contributed by atoms with Crippen molar-refractivity contribution in [3.8, 4) is 0 Å². The third-order valence-electron chi connectivity index (χ3n) is 2.63. The number of halogens is 1. The minimum absolute atomic E-state index is 0.143. The Balaban J connectivity index is 2.19. The number of benzene rings is 1. The van der Waals surface area contributed by atoms with Crippen molar-refractivity contribution in [3.63, 3.8) is 0 Å². The van der Waals surface area contributed by atoms with Crippen LogP contribution in [0.2, 0.25) is 0 Å². The van der Waals surface area contributed by atoms with E-state index < -0.39 is 10.8 Å². The number of nitro groups is 1. The zero-order valence-corrected chi connectivity index (χ0v) is 12.0. The van der Waals surface area contributed by atoms with Gasteiger partial charge in [0.1, 0.15) is 5.82 Å². The van der Waals surface area contributed by atoms with E-state index in [1.54, 1.807) is 19.3 Å². The van der Waals surface area contributed by atoms with Gasteiger partial charge in [-0.15, -0.1) is 0 Å². The van der Waals surface area contributed by atoms with Gasteiger partial charge >= 0.3 is 0 Å². The maximum Gasteiger partial charge on any atom is 0.271 e. The fourth-order valence-corrected chi connectivity index (χ4v) is 2.15. The molecule has 0 saturated heterocycles. The Morgan fingerprint density at radius 2 is 2.25 bits per heavy atom. The number of nitro benzene ring substituents is 1. The Kier molecular flexibility index (Phi) is 4.14. The Morgan fingerprint density at radius 1 is 1.50 bits per heavy atom. The van der Waals surface area contributed by atoms with Gasteiger partial charge in [0.15, 0.2) is 0 Å². The Labute approximate surface area is 122 Å². The smallest absolute Gasteiger partial charge is 0.271 e. The number of carbonyl (C=O) groups excluding carboxylic acids is 1. The first-order valence-corrected chi connectivity index (χ1v) is 6.52. The SMILES string of the molecule is CC(NC(=O)c1cc(Br)cc([N+](=O)[O-])c1)c1ncc[nH]1. The minimum Gasteiger partial charge on any atom is -0.347 e. The molecule has 0 aliphatic carbocycles. The van der Waals surface area contributed by atoms with Crippen LogP contribution in [0.5, 0.6) is 0 Å². The Hall–Kier alpha value is -2.22. The molecular weight excluding hydrogens is 328 g/mol. The zero-order chi connectivity index (χ0) is 14.7. The van der Waals surface area contributed by atoms with Gasteiger partial charge in [-0.1, -0.05) is 15.9 Å². The van der Waals surface area contributed by atoms with Crippen LogP contribution in [0.3, 0.4) is 0 Å². The van der Waals surface area contributed by atoms with Crippen molar-refractivity contribution < 1.29 is 9.72 Å². The monoisotopic (exact) mass is 338 g/mol. The van der Waals surface area contributed by atoms with Crippen molar-refractivity contribution in [2.75, 3.05) is 0 Å². The van der Waals surface area contributed by atoms with Gasteiger partial charge in [0.05, 0.1) is 11.0 Å². The topological polar surface area (TPSA) is 101 Å². The normalized spacial score (nSPS) is 11.9. The molecule has 0 aliphatic rings. The average Bonchev–Trinajstić information content (AvgIpc) is 2.91. The lowest BCUT2D eigenvalue weighted by molar-refractivity contribution is -0.385. The third kappa shape index (κ3) is 3.21. The molecule has 1 amide bonds. The van der Waals surface area contributed by atoms with Crippen molar-refractivity contribution in [1.82, 2.24) is 15.3 Å². The van der Waals surface area contributed by atoms with Crippen LogP contribution in [0.25, 0.3) is 0 Å². The van der Waals surface area contributed by atoms with Crippen molar-refractivity contribution >= 4 is 27.5 Å². The molecule has 2 rings (SSSR count). The van der Waals surface area contributed by atoms with E-state index in [1.807, 2.05) is 0 Å². The van der Waals surface area contributed by atoms with E-state index in [-0.39, 0.29) is 17.3 Å². The van der Waals surface area contributed by atoms with Crippen molar-refractivity contribution in [3.05, 3.63) is 56.6 Å². The number of aromatic amines is 1. The summed E-state index contributed by atoms with van der Waals surface area (Å²) in [4.78, 5) is 29.2. The molecule has 1 heterocycles. The Morgan fingerprint density at radius 3 is 2.85 bits per heavy atom. The molecule has 1 aromatic heterocycles. The molecule has 7 nitrogen and oxygen atoms in total. The molecule has 0 radical (unpaired) electrons. The fourth-order valence-electron chi connectivity index (χ4n) is 1.67. The largest absolute Gasteiger partial charge is 0.347 e. The van der Waals surface area contributed by atoms with Crippen LogP contribution < -0.4 is 5.32 Å². The van der Waals surface area contributed by atoms with E-state index in [9.17, 15) is 14.9 Å². The molecule has 0 spiro atoms. The lowest BCUT2D eigenvalue weighted by Gasteiger charge is -2.11. The van der Waals surface area contributed by atoms with Gasteiger partial charge in [-0.25, -0.2) is 4.98 Å². The number of nitrogens with zero attached hydrogens (tertiary/aromatic N) is 2. The highest BCUT2D eigenvalue weighted by Crippen LogP contribution is 2.21. The van der Waals surface area contributed by atoms with E-state index in [2.05, 4.69) is 31.2 Å². The van der Waals surface area contributed by atoms with Crippen LogP contribution in [0.1, 0.15) is 29.1 Å². The third-order valence-corrected chi connectivity index (χ3v) is 3.09. The number of hydrogen-bond acceptors (Lipinski definition) is 4. The average molecular weight is 339 g/mol. The molecule has 2 N–H and O–H groups in total. The van der Waals surface area contributed by atoms with Crippen LogP contribution in [0, 0.1) is 10.1 Å². The standard InChI is InChI=1S/C12H11BrN4O3/c1-7(11-14-2-3-15-11)16-12(18)8-4-9(13)6-10(5-8)17(19)20/h2-7H,1H3,(H,14,15)(H,16,18). The van der Waals surface area contributed by atoms with Crippen molar-refractivity contribution in [1.29, 1.82) is 0 Å². The summed E-state index contributed by atoms with van der Waals surface area (Å²) in [5.41, 5.74) is 0.0691. The number of carbonyl (C=O) groups is 1. The summed E-state index contributed by atoms with van der Waals surface area (Å²) in [6, 6.07) is 3.77. The van der Waals surface area contributed by atoms with Gasteiger partial charge in [-0.05, 0) is 13.0 Å². The summed E-state index contributed by atoms with van der Waals surface area (Å²) in [6.45, 7) is 1.77. The number of nitrogens with one attached hydrogen (secondary N) is 2. The fraction of sp³-hybridized carbons (Fsp3) is 0.167. The molecule has 1 unspecified atom stereocenters. The Bertz CT molecular complexity index is 642. The first kappa shape index (κ1) is 14.2. The van der Waals surface area contributed by atoms with Crippen molar-refractivity contribution in [2.45, 2.75) is 13.0 Å². The van der Waals surface area contributed by atoms with E-state index in [0.717, 1.165) is 0 Å². The second kappa shape index (κ2) is 5.83. The number of aromatic nitrogens is 2. The number of imidazole rings is 1. The summed E-state index contributed by atoms with van der Waals surface area (Å²) in [5.74, 6) is 0.209. The predicted molar refractivity (Wildman–Crippen MR) is 75.3 cm³/mol. The van der Waals surface area contributed by atoms with Crippen LogP contribution in [-0.2, 0) is 0 Å². The summed E-state index contributed by atoms with van der Waals surface area (Å²) in [6.07, 6.45) is 3.24. The summed E-state index contributed by atoms with van der Waals surface area (Å²) in [7, 11) is 0. The quantitative estimate of drug-likeness (QED) is 0.660. The highest BCUT2D eigenvalue weighted by molar-refractivity contribution is 9.10. The molecule has 104 valence electrons. The maximum atomic E-state index is 12.1. The van der Waals surface area contributed by atoms with Crippen LogP contribution in [-0.4, -0.2) is 20.8 Å². The summed E-state index contributed by atoms with van der Waals surface area (Å²) >= 11 is 3.15. The van der Waals surface area contributed by atoms with E-state index >= 15 is 0 Å². The summed E-state index contributed by atoms with van der Waals surface area (Å²) in [5, 5.41) is 13.5. The summed E-state index contributed by atoms with van der Waals surface area (Å²) < 4.78 is 0.475. The van der Waals surface area contributed by atoms with E-state index in [0.29, 0.717) is 10.3 Å². The molecule has 0 bridgehead atoms. The zero-order valence-electron chi connectivity index (χ0n) is 10.5. The molecule has 1 aromatic carbocycles. The molecule has 2 aromatic rings. The van der Waals surface area contributed by atoms with Crippen LogP contribution in [0.4, 0.5) is 5.69 Å². The predicted octanol–water partition coefficient (Wildman–Crippen LogP) is 2.57. The number of H-pyrrole nitrogens is 1. The van der Waals surface area contributed by atoms with Gasteiger partial charge in [-0.3, -0.25) is 14.9 Å². The molecule has 1 atom stereocenters. The minimum atomic E-state index is -0.544. The van der Waals surface area contributed by atoms with E-state index in [1.165, 1.54) is 18.2 Å². The highest BCUT2D eigenvalue weighted by Gasteiger charge is 2.16. The molecular formula is C12H11BrN4O3. The van der Waals surface area contributed by atoms with Gasteiger partial charge < -0.3 is 10.3 Å². The first-order valence-electron chi connectivity index (χ1n) is 5.72. The number of amides is 1. The highest BCUT2D eigenvalue weighted by atomic mass is 79.9. The number of non-ortho nitro benzene ring substituents is 1. The first-order chi connectivity index (χ1) is 9.47. The van der Waals surface area contributed by atoms with Crippen LogP contribution in [0.15, 0.2) is 35.1 Å². The van der Waals surface area contributed by atoms with Crippen LogP contribution >= 0.6 is 15.9 Å². The van der Waals surface area contributed by atoms with E-state index in [4.69, 9.17) is 0 Å². The lowest BCUT2D eigenvalue weighted by Crippen LogP contribution is -2.27. The maximum absolute atomic E-state index is 12.1. The molecule has 20 heavy (non-hydrogen) atoms. The molecule has 0 aliphatic heterocycles. The van der Waals surface area contributed by atoms with Gasteiger partial charge in [0.2, 0.25) is 0 Å². The number of hydrogen-bond donors (Lipinski definition) is 2. The molecule has 0 saturated carbocycles. The molecule has 8 heteroatoms. The van der Waals surface area contributed by atoms with Crippen molar-refractivity contribution in [2.24, 2.45) is 0 Å². The van der Waals surface area contributed by atoms with Gasteiger partial charge in [0.25, 0.3) is 11.6 Å². The second-order valence-electron chi connectivity index (χ2n) is 4.12. The number of rotatable bonds is 4. The lowest BCUT2D eigenvalue weighted by atomic mass is 10.1. The van der Waals surface area contributed by atoms with Gasteiger partial charge in [-0.2, -0.15) is 0 Å².